The molecule has 0 radical (unpaired) electrons. The van der Waals surface area contributed by atoms with Crippen molar-refractivity contribution in [3.05, 3.63) is 41.8 Å². The standard InChI is InChI=1S/C15H20N2O2/c1-4-15(2,3)11-5-7-13(8-6-11)19-14-17-12(9-16)10-18-14/h5-8,10H,4,9,16H2,1-3H3. The average molecular weight is 260 g/mol. The van der Waals surface area contributed by atoms with Gasteiger partial charge in [0.2, 0.25) is 0 Å². The molecular formula is C15H20N2O2. The maximum absolute atomic E-state index is 5.53. The van der Waals surface area contributed by atoms with Crippen molar-refractivity contribution in [3.8, 4) is 11.8 Å². The lowest BCUT2D eigenvalue weighted by Crippen LogP contribution is -2.14. The molecule has 1 heterocycles. The average Bonchev–Trinajstić information content (AvgIpc) is 2.87. The fourth-order valence-electron chi connectivity index (χ4n) is 1.71. The van der Waals surface area contributed by atoms with Gasteiger partial charge in [-0.1, -0.05) is 32.9 Å². The monoisotopic (exact) mass is 260 g/mol. The summed E-state index contributed by atoms with van der Waals surface area (Å²) in [6.07, 6.45) is 2.82. The highest BCUT2D eigenvalue weighted by atomic mass is 16.6. The van der Waals surface area contributed by atoms with E-state index in [4.69, 9.17) is 14.9 Å². The minimum atomic E-state index is 0.175. The van der Waals surface area contributed by atoms with Crippen molar-refractivity contribution in [1.29, 1.82) is 0 Å². The molecule has 2 aromatic rings. The number of oxazole rings is 1. The number of hydrogen-bond acceptors (Lipinski definition) is 4. The summed E-state index contributed by atoms with van der Waals surface area (Å²) >= 11 is 0. The van der Waals surface area contributed by atoms with Crippen molar-refractivity contribution in [2.75, 3.05) is 0 Å². The lowest BCUT2D eigenvalue weighted by Gasteiger charge is -2.23. The fraction of sp³-hybridized carbons (Fsp3) is 0.400. The van der Waals surface area contributed by atoms with Crippen LogP contribution in [0.5, 0.6) is 11.8 Å². The van der Waals surface area contributed by atoms with Gasteiger partial charge >= 0.3 is 6.08 Å². The van der Waals surface area contributed by atoms with Crippen LogP contribution in [0.2, 0.25) is 0 Å². The van der Waals surface area contributed by atoms with Crippen molar-refractivity contribution in [2.24, 2.45) is 5.73 Å². The van der Waals surface area contributed by atoms with Crippen LogP contribution in [0, 0.1) is 0 Å². The van der Waals surface area contributed by atoms with E-state index in [-0.39, 0.29) is 11.5 Å². The molecule has 1 aromatic heterocycles. The number of ether oxygens (including phenoxy) is 1. The molecule has 0 fully saturated rings. The molecule has 0 unspecified atom stereocenters. The Balaban J connectivity index is 2.10. The van der Waals surface area contributed by atoms with Crippen LogP contribution in [0.15, 0.2) is 34.9 Å². The molecule has 0 bridgehead atoms. The van der Waals surface area contributed by atoms with E-state index in [0.717, 1.165) is 6.42 Å². The van der Waals surface area contributed by atoms with Crippen LogP contribution in [0.4, 0.5) is 0 Å². The van der Waals surface area contributed by atoms with Crippen LogP contribution in [-0.4, -0.2) is 4.98 Å². The first-order valence-corrected chi connectivity index (χ1v) is 6.48. The molecule has 4 heteroatoms. The SMILES string of the molecule is CCC(C)(C)c1ccc(Oc2nc(CN)co2)cc1. The summed E-state index contributed by atoms with van der Waals surface area (Å²) < 4.78 is 10.7. The van der Waals surface area contributed by atoms with Crippen molar-refractivity contribution in [3.63, 3.8) is 0 Å². The van der Waals surface area contributed by atoms with Gasteiger partial charge < -0.3 is 14.9 Å². The van der Waals surface area contributed by atoms with E-state index in [1.165, 1.54) is 11.8 Å². The van der Waals surface area contributed by atoms with E-state index < -0.39 is 0 Å². The third-order valence-electron chi connectivity index (χ3n) is 3.46. The maximum atomic E-state index is 5.53. The quantitative estimate of drug-likeness (QED) is 0.892. The molecular weight excluding hydrogens is 240 g/mol. The third kappa shape index (κ3) is 3.15. The topological polar surface area (TPSA) is 61.3 Å². The van der Waals surface area contributed by atoms with Gasteiger partial charge in [0, 0.05) is 6.54 Å². The molecule has 0 aliphatic rings. The third-order valence-corrected chi connectivity index (χ3v) is 3.46. The van der Waals surface area contributed by atoms with Crippen LogP contribution in [0.25, 0.3) is 0 Å². The molecule has 0 spiro atoms. The second-order valence-corrected chi connectivity index (χ2v) is 5.17. The summed E-state index contributed by atoms with van der Waals surface area (Å²) in [4.78, 5) is 4.10. The lowest BCUT2D eigenvalue weighted by molar-refractivity contribution is 0.330. The van der Waals surface area contributed by atoms with E-state index in [9.17, 15) is 0 Å². The first-order chi connectivity index (χ1) is 9.05. The van der Waals surface area contributed by atoms with Crippen LogP contribution in [0.3, 0.4) is 0 Å². The summed E-state index contributed by atoms with van der Waals surface area (Å²) in [6, 6.07) is 8.01. The number of nitrogens with zero attached hydrogens (tertiary/aromatic N) is 1. The summed E-state index contributed by atoms with van der Waals surface area (Å²) in [5.74, 6) is 0.709. The molecule has 4 nitrogen and oxygen atoms in total. The smallest absolute Gasteiger partial charge is 0.399 e. The molecule has 0 aliphatic heterocycles. The predicted molar refractivity (Wildman–Crippen MR) is 74.2 cm³/mol. The normalized spacial score (nSPS) is 11.6. The number of rotatable bonds is 5. The van der Waals surface area contributed by atoms with Crippen molar-refractivity contribution >= 4 is 0 Å². The summed E-state index contributed by atoms with van der Waals surface area (Å²) in [7, 11) is 0. The highest BCUT2D eigenvalue weighted by Gasteiger charge is 2.17. The largest absolute Gasteiger partial charge is 0.417 e. The molecule has 1 aromatic carbocycles. The van der Waals surface area contributed by atoms with Gasteiger partial charge in [-0.2, -0.15) is 4.98 Å². The van der Waals surface area contributed by atoms with E-state index >= 15 is 0 Å². The van der Waals surface area contributed by atoms with Crippen molar-refractivity contribution in [2.45, 2.75) is 39.2 Å². The summed E-state index contributed by atoms with van der Waals surface area (Å²) in [5, 5.41) is 0. The van der Waals surface area contributed by atoms with Crippen LogP contribution < -0.4 is 10.5 Å². The molecule has 2 N–H and O–H groups in total. The van der Waals surface area contributed by atoms with E-state index in [2.05, 4.69) is 37.9 Å². The van der Waals surface area contributed by atoms with Gasteiger partial charge in [-0.15, -0.1) is 0 Å². The predicted octanol–water partition coefficient (Wildman–Crippen LogP) is 3.61. The van der Waals surface area contributed by atoms with Gasteiger partial charge in [-0.05, 0) is 29.5 Å². The second kappa shape index (κ2) is 5.45. The number of nitrogens with two attached hydrogens (primary N) is 1. The maximum Gasteiger partial charge on any atom is 0.399 e. The van der Waals surface area contributed by atoms with Gasteiger partial charge in [0.05, 0.1) is 5.69 Å². The number of hydrogen-bond donors (Lipinski definition) is 1. The van der Waals surface area contributed by atoms with E-state index in [1.807, 2.05) is 12.1 Å². The zero-order chi connectivity index (χ0) is 13.9. The fourth-order valence-corrected chi connectivity index (χ4v) is 1.71. The zero-order valence-electron chi connectivity index (χ0n) is 11.6. The van der Waals surface area contributed by atoms with Gasteiger partial charge in [0.15, 0.2) is 0 Å². The highest BCUT2D eigenvalue weighted by molar-refractivity contribution is 5.32. The number of benzene rings is 1. The van der Waals surface area contributed by atoms with Crippen LogP contribution >= 0.6 is 0 Å². The Kier molecular flexibility index (Phi) is 3.90. The Morgan fingerprint density at radius 1 is 1.26 bits per heavy atom. The summed E-state index contributed by atoms with van der Waals surface area (Å²) in [5.41, 5.74) is 7.60. The minimum Gasteiger partial charge on any atom is -0.417 e. The Morgan fingerprint density at radius 2 is 1.95 bits per heavy atom. The molecule has 102 valence electrons. The lowest BCUT2D eigenvalue weighted by atomic mass is 9.82. The van der Waals surface area contributed by atoms with E-state index in [0.29, 0.717) is 18.0 Å². The second-order valence-electron chi connectivity index (χ2n) is 5.17. The highest BCUT2D eigenvalue weighted by Crippen LogP contribution is 2.29. The van der Waals surface area contributed by atoms with Gasteiger partial charge in [-0.25, -0.2) is 0 Å². The molecule has 0 saturated carbocycles. The Hall–Kier alpha value is -1.81. The molecule has 19 heavy (non-hydrogen) atoms. The van der Waals surface area contributed by atoms with Gasteiger partial charge in [0.1, 0.15) is 12.0 Å². The first kappa shape index (κ1) is 13.6. The van der Waals surface area contributed by atoms with Gasteiger partial charge in [-0.3, -0.25) is 0 Å². The number of aromatic nitrogens is 1. The Bertz CT molecular complexity index is 529. The molecule has 0 saturated heterocycles. The van der Waals surface area contributed by atoms with E-state index in [1.54, 1.807) is 0 Å². The Labute approximate surface area is 113 Å². The molecule has 0 amide bonds. The first-order valence-electron chi connectivity index (χ1n) is 6.48. The Morgan fingerprint density at radius 3 is 2.47 bits per heavy atom. The van der Waals surface area contributed by atoms with Crippen molar-refractivity contribution in [1.82, 2.24) is 4.98 Å². The zero-order valence-corrected chi connectivity index (χ0v) is 11.6. The molecule has 0 aliphatic carbocycles. The van der Waals surface area contributed by atoms with Crippen LogP contribution in [0.1, 0.15) is 38.4 Å². The van der Waals surface area contributed by atoms with Crippen molar-refractivity contribution < 1.29 is 9.15 Å². The molecule has 0 atom stereocenters. The summed E-state index contributed by atoms with van der Waals surface area (Å²) in [6.45, 7) is 6.98. The minimum absolute atomic E-state index is 0.175. The van der Waals surface area contributed by atoms with Crippen LogP contribution in [-0.2, 0) is 12.0 Å². The van der Waals surface area contributed by atoms with Gasteiger partial charge in [0.25, 0.3) is 0 Å². The molecule has 2 rings (SSSR count).